The van der Waals surface area contributed by atoms with Gasteiger partial charge in [-0.1, -0.05) is 0 Å². The van der Waals surface area contributed by atoms with E-state index in [4.69, 9.17) is 4.74 Å². The van der Waals surface area contributed by atoms with Crippen molar-refractivity contribution in [3.8, 4) is 0 Å². The standard InChI is InChI=1S/C12H15NO6/c1-18-11(16)5-6-12(17)19-8-7-13-9(14)3-2-4-10(13)15/h5-6H,2-4,7-8H2,1H3. The summed E-state index contributed by atoms with van der Waals surface area (Å²) in [5, 5.41) is 0. The molecule has 2 amide bonds. The second-order valence-corrected chi connectivity index (χ2v) is 3.82. The number of esters is 2. The van der Waals surface area contributed by atoms with E-state index >= 15 is 0 Å². The molecule has 1 saturated heterocycles. The largest absolute Gasteiger partial charge is 0.466 e. The van der Waals surface area contributed by atoms with E-state index in [1.54, 1.807) is 0 Å². The number of nitrogens with zero attached hydrogens (tertiary/aromatic N) is 1. The highest BCUT2D eigenvalue weighted by Gasteiger charge is 2.25. The summed E-state index contributed by atoms with van der Waals surface area (Å²) in [6.07, 6.45) is 3.09. The zero-order valence-corrected chi connectivity index (χ0v) is 10.6. The number of piperidine rings is 1. The lowest BCUT2D eigenvalue weighted by atomic mass is 10.1. The molecule has 104 valence electrons. The number of ether oxygens (including phenoxy) is 2. The first-order chi connectivity index (χ1) is 9.04. The van der Waals surface area contributed by atoms with E-state index in [1.807, 2.05) is 0 Å². The molecule has 0 aromatic heterocycles. The van der Waals surface area contributed by atoms with E-state index in [2.05, 4.69) is 4.74 Å². The van der Waals surface area contributed by atoms with Crippen LogP contribution in [0.3, 0.4) is 0 Å². The minimum Gasteiger partial charge on any atom is -0.466 e. The lowest BCUT2D eigenvalue weighted by Crippen LogP contribution is -2.42. The summed E-state index contributed by atoms with van der Waals surface area (Å²) in [6.45, 7) is -0.0582. The van der Waals surface area contributed by atoms with Crippen LogP contribution in [0.2, 0.25) is 0 Å². The maximum absolute atomic E-state index is 11.4. The van der Waals surface area contributed by atoms with E-state index < -0.39 is 11.9 Å². The maximum Gasteiger partial charge on any atom is 0.331 e. The molecule has 1 heterocycles. The molecule has 0 aromatic rings. The summed E-state index contributed by atoms with van der Waals surface area (Å²) in [7, 11) is 1.19. The minimum absolute atomic E-state index is 0.0372. The SMILES string of the molecule is COC(=O)C=CC(=O)OCCN1C(=O)CCCC1=O. The molecule has 0 saturated carbocycles. The van der Waals surface area contributed by atoms with Crippen LogP contribution in [-0.4, -0.2) is 48.9 Å². The molecule has 0 N–H and O–H groups in total. The fourth-order valence-electron chi connectivity index (χ4n) is 1.54. The van der Waals surface area contributed by atoms with Crippen molar-refractivity contribution < 1.29 is 28.7 Å². The normalized spacial score (nSPS) is 15.7. The van der Waals surface area contributed by atoms with E-state index in [9.17, 15) is 19.2 Å². The van der Waals surface area contributed by atoms with Crippen LogP contribution in [0.4, 0.5) is 0 Å². The van der Waals surface area contributed by atoms with Gasteiger partial charge in [-0.2, -0.15) is 0 Å². The van der Waals surface area contributed by atoms with Crippen LogP contribution >= 0.6 is 0 Å². The zero-order chi connectivity index (χ0) is 14.3. The van der Waals surface area contributed by atoms with Crippen molar-refractivity contribution in [1.82, 2.24) is 4.90 Å². The Morgan fingerprint density at radius 1 is 1.16 bits per heavy atom. The molecule has 0 bridgehead atoms. The molecular formula is C12H15NO6. The third-order valence-corrected chi connectivity index (χ3v) is 2.50. The highest BCUT2D eigenvalue weighted by molar-refractivity contribution is 5.97. The molecule has 0 unspecified atom stereocenters. The van der Waals surface area contributed by atoms with Gasteiger partial charge in [-0.05, 0) is 6.42 Å². The smallest absolute Gasteiger partial charge is 0.331 e. The minimum atomic E-state index is -0.734. The fourth-order valence-corrected chi connectivity index (χ4v) is 1.54. The molecule has 7 nitrogen and oxygen atoms in total. The molecule has 0 spiro atoms. The first-order valence-electron chi connectivity index (χ1n) is 5.80. The van der Waals surface area contributed by atoms with Gasteiger partial charge in [-0.25, -0.2) is 9.59 Å². The van der Waals surface area contributed by atoms with Gasteiger partial charge in [0.05, 0.1) is 13.7 Å². The summed E-state index contributed by atoms with van der Waals surface area (Å²) >= 11 is 0. The summed E-state index contributed by atoms with van der Waals surface area (Å²) in [5.74, 6) is -1.91. The van der Waals surface area contributed by atoms with Crippen LogP contribution in [0.1, 0.15) is 19.3 Å². The van der Waals surface area contributed by atoms with Gasteiger partial charge in [0, 0.05) is 25.0 Å². The molecule has 1 aliphatic heterocycles. The molecule has 0 atom stereocenters. The van der Waals surface area contributed by atoms with Crippen LogP contribution in [0.5, 0.6) is 0 Å². The Labute approximate surface area is 110 Å². The van der Waals surface area contributed by atoms with Crippen molar-refractivity contribution in [1.29, 1.82) is 0 Å². The van der Waals surface area contributed by atoms with Crippen LogP contribution in [-0.2, 0) is 28.7 Å². The van der Waals surface area contributed by atoms with Crippen LogP contribution in [0.25, 0.3) is 0 Å². The van der Waals surface area contributed by atoms with Gasteiger partial charge < -0.3 is 9.47 Å². The number of likely N-dealkylation sites (tertiary alicyclic amines) is 1. The van der Waals surface area contributed by atoms with Gasteiger partial charge in [-0.15, -0.1) is 0 Å². The zero-order valence-electron chi connectivity index (χ0n) is 10.6. The van der Waals surface area contributed by atoms with Crippen molar-refractivity contribution in [2.75, 3.05) is 20.3 Å². The molecule has 19 heavy (non-hydrogen) atoms. The Morgan fingerprint density at radius 3 is 2.32 bits per heavy atom. The number of hydrogen-bond acceptors (Lipinski definition) is 6. The summed E-state index contributed by atoms with van der Waals surface area (Å²) in [4.78, 5) is 45.8. The molecular weight excluding hydrogens is 254 g/mol. The van der Waals surface area contributed by atoms with Crippen molar-refractivity contribution >= 4 is 23.8 Å². The summed E-state index contributed by atoms with van der Waals surface area (Å²) in [5.41, 5.74) is 0. The molecule has 1 aliphatic rings. The van der Waals surface area contributed by atoms with Gasteiger partial charge in [0.1, 0.15) is 6.61 Å². The van der Waals surface area contributed by atoms with Crippen molar-refractivity contribution in [3.05, 3.63) is 12.2 Å². The maximum atomic E-state index is 11.4. The van der Waals surface area contributed by atoms with E-state index in [-0.39, 0.29) is 25.0 Å². The highest BCUT2D eigenvalue weighted by atomic mass is 16.5. The first-order valence-corrected chi connectivity index (χ1v) is 5.80. The topological polar surface area (TPSA) is 90.0 Å². The monoisotopic (exact) mass is 269 g/mol. The average Bonchev–Trinajstić information content (AvgIpc) is 2.39. The van der Waals surface area contributed by atoms with Crippen LogP contribution in [0.15, 0.2) is 12.2 Å². The number of hydrogen-bond donors (Lipinski definition) is 0. The lowest BCUT2D eigenvalue weighted by Gasteiger charge is -2.24. The number of imide groups is 1. The number of amides is 2. The predicted octanol–water partition coefficient (Wildman–Crippen LogP) is -0.202. The summed E-state index contributed by atoms with van der Waals surface area (Å²) < 4.78 is 9.05. The third-order valence-electron chi connectivity index (χ3n) is 2.50. The predicted molar refractivity (Wildman–Crippen MR) is 62.7 cm³/mol. The van der Waals surface area contributed by atoms with Crippen LogP contribution in [0, 0.1) is 0 Å². The van der Waals surface area contributed by atoms with Crippen molar-refractivity contribution in [3.63, 3.8) is 0 Å². The Bertz CT molecular complexity index is 398. The molecule has 1 fully saturated rings. The van der Waals surface area contributed by atoms with Gasteiger partial charge in [0.2, 0.25) is 11.8 Å². The fraction of sp³-hybridized carbons (Fsp3) is 0.500. The Balaban J connectivity index is 2.31. The number of carbonyl (C=O) groups is 4. The third kappa shape index (κ3) is 4.90. The molecule has 0 aliphatic carbocycles. The molecule has 0 radical (unpaired) electrons. The van der Waals surface area contributed by atoms with Crippen molar-refractivity contribution in [2.24, 2.45) is 0 Å². The van der Waals surface area contributed by atoms with Gasteiger partial charge in [0.15, 0.2) is 0 Å². The number of methoxy groups -OCH3 is 1. The Morgan fingerprint density at radius 2 is 1.74 bits per heavy atom. The molecule has 0 aromatic carbocycles. The number of rotatable bonds is 5. The summed E-state index contributed by atoms with van der Waals surface area (Å²) in [6, 6.07) is 0. The van der Waals surface area contributed by atoms with Crippen LogP contribution < -0.4 is 0 Å². The van der Waals surface area contributed by atoms with Gasteiger partial charge >= 0.3 is 11.9 Å². The second kappa shape index (κ2) is 7.30. The average molecular weight is 269 g/mol. The van der Waals surface area contributed by atoms with Gasteiger partial charge in [-0.3, -0.25) is 14.5 Å². The highest BCUT2D eigenvalue weighted by Crippen LogP contribution is 2.11. The van der Waals surface area contributed by atoms with Crippen molar-refractivity contribution in [2.45, 2.75) is 19.3 Å². The lowest BCUT2D eigenvalue weighted by molar-refractivity contribution is -0.151. The first kappa shape index (κ1) is 14.9. The van der Waals surface area contributed by atoms with E-state index in [1.165, 1.54) is 7.11 Å². The van der Waals surface area contributed by atoms with Gasteiger partial charge in [0.25, 0.3) is 0 Å². The second-order valence-electron chi connectivity index (χ2n) is 3.82. The Hall–Kier alpha value is -2.18. The Kier molecular flexibility index (Phi) is 5.72. The van der Waals surface area contributed by atoms with E-state index in [0.29, 0.717) is 19.3 Å². The quantitative estimate of drug-likeness (QED) is 0.390. The van der Waals surface area contributed by atoms with E-state index in [0.717, 1.165) is 17.1 Å². The molecule has 1 rings (SSSR count). The number of carbonyl (C=O) groups excluding carboxylic acids is 4. The molecule has 7 heteroatoms.